The third-order valence-electron chi connectivity index (χ3n) is 8.67. The van der Waals surface area contributed by atoms with Gasteiger partial charge in [0.25, 0.3) is 0 Å². The third-order valence-corrected chi connectivity index (χ3v) is 8.67. The fourth-order valence-corrected chi connectivity index (χ4v) is 6.36. The maximum atomic E-state index is 2.32. The van der Waals surface area contributed by atoms with Crippen LogP contribution in [0.1, 0.15) is 200 Å². The summed E-state index contributed by atoms with van der Waals surface area (Å²) < 4.78 is 0. The predicted octanol–water partition coefficient (Wildman–Crippen LogP) is 12.6. The molecule has 0 nitrogen and oxygen atoms in total. The van der Waals surface area contributed by atoms with E-state index in [0.717, 1.165) is 11.8 Å². The molecule has 0 N–H and O–H groups in total. The van der Waals surface area contributed by atoms with E-state index in [1.165, 1.54) is 161 Å². The van der Waals surface area contributed by atoms with Gasteiger partial charge in [0, 0.05) is 0 Å². The quantitative estimate of drug-likeness (QED) is 0.118. The molecule has 0 heteroatoms. The minimum absolute atomic E-state index is 1.09. The standard InChI is InChI=1S/C33H66/c1-3-5-7-9-11-13-14-15-16-17-19-21-23-25-29-33-31-27-26-30-32(33)28-24-22-20-18-12-10-8-6-4-2/h32-33H,3-31H2,1-2H3. The fourth-order valence-electron chi connectivity index (χ4n) is 6.36. The lowest BCUT2D eigenvalue weighted by Gasteiger charge is -2.32. The molecule has 0 amide bonds. The zero-order chi connectivity index (χ0) is 23.7. The number of hydrogen-bond donors (Lipinski definition) is 0. The molecule has 0 heterocycles. The molecule has 33 heavy (non-hydrogen) atoms. The first-order valence-corrected chi connectivity index (χ1v) is 16.4. The van der Waals surface area contributed by atoms with E-state index in [4.69, 9.17) is 0 Å². The maximum Gasteiger partial charge on any atom is -0.0386 e. The van der Waals surface area contributed by atoms with Gasteiger partial charge in [0.1, 0.15) is 0 Å². The van der Waals surface area contributed by atoms with Crippen molar-refractivity contribution in [2.24, 2.45) is 11.8 Å². The van der Waals surface area contributed by atoms with Gasteiger partial charge in [-0.2, -0.15) is 0 Å². The van der Waals surface area contributed by atoms with E-state index in [9.17, 15) is 0 Å². The Labute approximate surface area is 211 Å². The molecule has 0 aliphatic heterocycles. The molecule has 0 aromatic rings. The summed E-state index contributed by atoms with van der Waals surface area (Å²) >= 11 is 0. The van der Waals surface area contributed by atoms with E-state index < -0.39 is 0 Å². The largest absolute Gasteiger partial charge is 0.0654 e. The van der Waals surface area contributed by atoms with Crippen LogP contribution in [0.15, 0.2) is 0 Å². The number of rotatable bonds is 25. The molecule has 1 aliphatic carbocycles. The Morgan fingerprint density at radius 2 is 0.576 bits per heavy atom. The normalized spacial score (nSPS) is 18.7. The van der Waals surface area contributed by atoms with E-state index >= 15 is 0 Å². The lowest BCUT2D eigenvalue weighted by molar-refractivity contribution is 0.202. The minimum Gasteiger partial charge on any atom is -0.0654 e. The lowest BCUT2D eigenvalue weighted by atomic mass is 9.74. The van der Waals surface area contributed by atoms with Crippen molar-refractivity contribution in [3.8, 4) is 0 Å². The molecular formula is C33H66. The van der Waals surface area contributed by atoms with E-state index in [1.807, 2.05) is 0 Å². The molecule has 0 bridgehead atoms. The van der Waals surface area contributed by atoms with Gasteiger partial charge < -0.3 is 0 Å². The second-order valence-corrected chi connectivity index (χ2v) is 11.8. The summed E-state index contributed by atoms with van der Waals surface area (Å²) in [6.07, 6.45) is 43.4. The van der Waals surface area contributed by atoms with Crippen molar-refractivity contribution in [2.45, 2.75) is 200 Å². The van der Waals surface area contributed by atoms with Crippen molar-refractivity contribution in [2.75, 3.05) is 0 Å². The summed E-state index contributed by atoms with van der Waals surface area (Å²) in [5.74, 6) is 2.18. The van der Waals surface area contributed by atoms with Gasteiger partial charge >= 0.3 is 0 Å². The van der Waals surface area contributed by atoms with Crippen molar-refractivity contribution in [1.82, 2.24) is 0 Å². The topological polar surface area (TPSA) is 0 Å². The predicted molar refractivity (Wildman–Crippen MR) is 152 cm³/mol. The van der Waals surface area contributed by atoms with E-state index in [1.54, 1.807) is 25.7 Å². The molecule has 198 valence electrons. The van der Waals surface area contributed by atoms with Gasteiger partial charge in [0.15, 0.2) is 0 Å². The number of unbranched alkanes of at least 4 members (excludes halogenated alkanes) is 21. The summed E-state index contributed by atoms with van der Waals surface area (Å²) in [5, 5.41) is 0. The van der Waals surface area contributed by atoms with Crippen molar-refractivity contribution < 1.29 is 0 Å². The van der Waals surface area contributed by atoms with Crippen LogP contribution in [0, 0.1) is 11.8 Å². The van der Waals surface area contributed by atoms with Crippen LogP contribution in [0.2, 0.25) is 0 Å². The van der Waals surface area contributed by atoms with Crippen molar-refractivity contribution in [3.05, 3.63) is 0 Å². The SMILES string of the molecule is CCCCCCCCCCCCCCCCC1CCCCC1CCCCCCCCCCC. The first-order valence-electron chi connectivity index (χ1n) is 16.4. The van der Waals surface area contributed by atoms with Gasteiger partial charge in [-0.1, -0.05) is 200 Å². The van der Waals surface area contributed by atoms with E-state index in [2.05, 4.69) is 13.8 Å². The van der Waals surface area contributed by atoms with Crippen LogP contribution >= 0.6 is 0 Å². The Balaban J connectivity index is 1.89. The second kappa shape index (κ2) is 25.1. The highest BCUT2D eigenvalue weighted by atomic mass is 14.3. The van der Waals surface area contributed by atoms with Crippen molar-refractivity contribution in [1.29, 1.82) is 0 Å². The molecule has 1 rings (SSSR count). The molecule has 1 saturated carbocycles. The highest BCUT2D eigenvalue weighted by Gasteiger charge is 2.23. The van der Waals surface area contributed by atoms with Crippen LogP contribution in [-0.2, 0) is 0 Å². The van der Waals surface area contributed by atoms with Crippen molar-refractivity contribution in [3.63, 3.8) is 0 Å². The molecule has 0 spiro atoms. The van der Waals surface area contributed by atoms with Gasteiger partial charge in [0.05, 0.1) is 0 Å². The summed E-state index contributed by atoms with van der Waals surface area (Å²) in [6, 6.07) is 0. The maximum absolute atomic E-state index is 2.32. The smallest absolute Gasteiger partial charge is 0.0386 e. The highest BCUT2D eigenvalue weighted by molar-refractivity contribution is 4.75. The summed E-state index contributed by atoms with van der Waals surface area (Å²) in [6.45, 7) is 4.63. The van der Waals surface area contributed by atoms with Gasteiger partial charge in [-0.15, -0.1) is 0 Å². The Kier molecular flexibility index (Phi) is 23.6. The Bertz CT molecular complexity index is 359. The lowest BCUT2D eigenvalue weighted by Crippen LogP contribution is -2.19. The third kappa shape index (κ3) is 19.9. The molecule has 0 radical (unpaired) electrons. The van der Waals surface area contributed by atoms with Crippen molar-refractivity contribution >= 4 is 0 Å². The Morgan fingerprint density at radius 3 is 0.848 bits per heavy atom. The zero-order valence-corrected chi connectivity index (χ0v) is 23.7. The van der Waals surface area contributed by atoms with Gasteiger partial charge in [-0.3, -0.25) is 0 Å². The van der Waals surface area contributed by atoms with Crippen LogP contribution in [0.3, 0.4) is 0 Å². The molecule has 0 aromatic carbocycles. The summed E-state index contributed by atoms with van der Waals surface area (Å²) in [5.41, 5.74) is 0. The molecule has 0 aromatic heterocycles. The van der Waals surface area contributed by atoms with Crippen LogP contribution in [0.25, 0.3) is 0 Å². The van der Waals surface area contributed by atoms with Gasteiger partial charge in [-0.25, -0.2) is 0 Å². The highest BCUT2D eigenvalue weighted by Crippen LogP contribution is 2.37. The Morgan fingerprint density at radius 1 is 0.333 bits per heavy atom. The van der Waals surface area contributed by atoms with Crippen LogP contribution in [-0.4, -0.2) is 0 Å². The molecule has 0 saturated heterocycles. The second-order valence-electron chi connectivity index (χ2n) is 11.8. The molecular weight excluding hydrogens is 396 g/mol. The van der Waals surface area contributed by atoms with E-state index in [0.29, 0.717) is 0 Å². The summed E-state index contributed by atoms with van der Waals surface area (Å²) in [4.78, 5) is 0. The minimum atomic E-state index is 1.09. The van der Waals surface area contributed by atoms with Gasteiger partial charge in [0.2, 0.25) is 0 Å². The summed E-state index contributed by atoms with van der Waals surface area (Å²) in [7, 11) is 0. The number of hydrogen-bond acceptors (Lipinski definition) is 0. The fraction of sp³-hybridized carbons (Fsp3) is 1.00. The average molecular weight is 463 g/mol. The first kappa shape index (κ1) is 31.0. The molecule has 1 aliphatic rings. The monoisotopic (exact) mass is 463 g/mol. The molecule has 2 atom stereocenters. The van der Waals surface area contributed by atoms with Crippen LogP contribution < -0.4 is 0 Å². The average Bonchev–Trinajstić information content (AvgIpc) is 2.84. The molecule has 1 fully saturated rings. The van der Waals surface area contributed by atoms with Gasteiger partial charge in [-0.05, 0) is 11.8 Å². The first-order chi connectivity index (χ1) is 16.4. The zero-order valence-electron chi connectivity index (χ0n) is 23.7. The van der Waals surface area contributed by atoms with E-state index in [-0.39, 0.29) is 0 Å². The molecule has 2 unspecified atom stereocenters. The van der Waals surface area contributed by atoms with Crippen LogP contribution in [0.4, 0.5) is 0 Å². The van der Waals surface area contributed by atoms with Crippen LogP contribution in [0.5, 0.6) is 0 Å². The Hall–Kier alpha value is 0.